The fourth-order valence-electron chi connectivity index (χ4n) is 1.58. The summed E-state index contributed by atoms with van der Waals surface area (Å²) in [6.07, 6.45) is 1.18. The van der Waals surface area contributed by atoms with E-state index in [1.54, 1.807) is 0 Å². The molecule has 1 aromatic rings. The summed E-state index contributed by atoms with van der Waals surface area (Å²) >= 11 is 3.38. The normalized spacial score (nSPS) is 27.6. The summed E-state index contributed by atoms with van der Waals surface area (Å²) in [6, 6.07) is 0. The summed E-state index contributed by atoms with van der Waals surface area (Å²) in [4.78, 5) is 0. The van der Waals surface area contributed by atoms with Gasteiger partial charge in [-0.15, -0.1) is 5.10 Å². The van der Waals surface area contributed by atoms with Gasteiger partial charge in [0.1, 0.15) is 0 Å². The van der Waals surface area contributed by atoms with E-state index in [0.717, 1.165) is 11.1 Å². The van der Waals surface area contributed by atoms with Gasteiger partial charge in [0.15, 0.2) is 4.60 Å². The smallest absolute Gasteiger partial charge is 0.151 e. The van der Waals surface area contributed by atoms with Gasteiger partial charge in [-0.3, -0.25) is 4.68 Å². The minimum Gasteiger partial charge on any atom is -0.330 e. The number of rotatable bonds is 2. The molecule has 5 heteroatoms. The average molecular weight is 231 g/mol. The maximum atomic E-state index is 5.57. The summed E-state index contributed by atoms with van der Waals surface area (Å²) in [7, 11) is 1.92. The Morgan fingerprint density at radius 2 is 2.50 bits per heavy atom. The van der Waals surface area contributed by atoms with E-state index in [-0.39, 0.29) is 0 Å². The molecular weight excluding hydrogens is 220 g/mol. The summed E-state index contributed by atoms with van der Waals surface area (Å²) < 4.78 is 2.69. The van der Waals surface area contributed by atoms with Crippen molar-refractivity contribution in [2.24, 2.45) is 18.7 Å². The standard InChI is InChI=1S/C7H11BrN4/c1-12-6(7(8)10-11-12)5-2-4(5)3-9/h4-5H,2-3,9H2,1H3. The summed E-state index contributed by atoms with van der Waals surface area (Å²) in [5.41, 5.74) is 6.75. The van der Waals surface area contributed by atoms with E-state index in [1.165, 1.54) is 12.1 Å². The molecule has 2 atom stereocenters. The summed E-state index contributed by atoms with van der Waals surface area (Å²) in [6.45, 7) is 0.766. The van der Waals surface area contributed by atoms with Crippen LogP contribution in [0.5, 0.6) is 0 Å². The molecule has 0 aliphatic heterocycles. The van der Waals surface area contributed by atoms with Gasteiger partial charge in [0.05, 0.1) is 5.69 Å². The van der Waals surface area contributed by atoms with Crippen LogP contribution in [0.15, 0.2) is 4.60 Å². The third-order valence-corrected chi connectivity index (χ3v) is 2.97. The Morgan fingerprint density at radius 3 is 2.92 bits per heavy atom. The minimum atomic E-state index is 0.573. The summed E-state index contributed by atoms with van der Waals surface area (Å²) in [5.74, 6) is 1.21. The Balaban J connectivity index is 2.23. The number of nitrogens with two attached hydrogens (primary N) is 1. The average Bonchev–Trinajstić information content (AvgIpc) is 2.74. The quantitative estimate of drug-likeness (QED) is 0.812. The lowest BCUT2D eigenvalue weighted by molar-refractivity contribution is 0.664. The van der Waals surface area contributed by atoms with Crippen LogP contribution >= 0.6 is 15.9 Å². The molecule has 1 heterocycles. The first-order valence-corrected chi connectivity index (χ1v) is 4.78. The van der Waals surface area contributed by atoms with Crippen LogP contribution in [0.4, 0.5) is 0 Å². The molecule has 1 aliphatic rings. The van der Waals surface area contributed by atoms with E-state index in [0.29, 0.717) is 11.8 Å². The van der Waals surface area contributed by atoms with Crippen molar-refractivity contribution in [3.8, 4) is 0 Å². The van der Waals surface area contributed by atoms with Gasteiger partial charge in [0.2, 0.25) is 0 Å². The molecule has 0 radical (unpaired) electrons. The highest BCUT2D eigenvalue weighted by Crippen LogP contribution is 2.48. The second kappa shape index (κ2) is 2.81. The molecule has 4 nitrogen and oxygen atoms in total. The van der Waals surface area contributed by atoms with Crippen molar-refractivity contribution in [2.45, 2.75) is 12.3 Å². The number of hydrogen-bond donors (Lipinski definition) is 1. The number of hydrogen-bond acceptors (Lipinski definition) is 3. The summed E-state index contributed by atoms with van der Waals surface area (Å²) in [5, 5.41) is 7.86. The van der Waals surface area contributed by atoms with E-state index in [2.05, 4.69) is 26.2 Å². The molecule has 0 saturated heterocycles. The highest BCUT2D eigenvalue weighted by atomic mass is 79.9. The lowest BCUT2D eigenvalue weighted by Gasteiger charge is -1.98. The molecule has 1 fully saturated rings. The van der Waals surface area contributed by atoms with Crippen LogP contribution in [0.2, 0.25) is 0 Å². The second-order valence-electron chi connectivity index (χ2n) is 3.23. The van der Waals surface area contributed by atoms with Crippen LogP contribution in [0, 0.1) is 5.92 Å². The number of halogens is 1. The molecule has 66 valence electrons. The zero-order valence-corrected chi connectivity index (χ0v) is 8.45. The molecule has 2 rings (SSSR count). The Hall–Kier alpha value is -0.420. The lowest BCUT2D eigenvalue weighted by Crippen LogP contribution is -2.04. The topological polar surface area (TPSA) is 56.7 Å². The molecule has 0 spiro atoms. The van der Waals surface area contributed by atoms with Crippen LogP contribution in [-0.4, -0.2) is 21.5 Å². The Labute approximate surface area is 79.3 Å². The van der Waals surface area contributed by atoms with Gasteiger partial charge in [-0.2, -0.15) is 0 Å². The zero-order chi connectivity index (χ0) is 8.72. The van der Waals surface area contributed by atoms with Crippen molar-refractivity contribution >= 4 is 15.9 Å². The van der Waals surface area contributed by atoms with E-state index in [1.807, 2.05) is 11.7 Å². The third kappa shape index (κ3) is 1.17. The predicted octanol–water partition coefficient (Wildman–Crippen LogP) is 0.640. The van der Waals surface area contributed by atoms with Crippen LogP contribution in [0.3, 0.4) is 0 Å². The Kier molecular flexibility index (Phi) is 1.92. The molecule has 12 heavy (non-hydrogen) atoms. The van der Waals surface area contributed by atoms with Crippen molar-refractivity contribution in [1.82, 2.24) is 15.0 Å². The van der Waals surface area contributed by atoms with Crippen molar-refractivity contribution in [3.63, 3.8) is 0 Å². The van der Waals surface area contributed by atoms with Crippen LogP contribution in [0.25, 0.3) is 0 Å². The van der Waals surface area contributed by atoms with Gasteiger partial charge in [0.25, 0.3) is 0 Å². The van der Waals surface area contributed by atoms with Crippen molar-refractivity contribution < 1.29 is 0 Å². The number of aryl methyl sites for hydroxylation is 1. The molecule has 1 aromatic heterocycles. The molecule has 0 amide bonds. The monoisotopic (exact) mass is 230 g/mol. The second-order valence-corrected chi connectivity index (χ2v) is 3.98. The number of nitrogens with zero attached hydrogens (tertiary/aromatic N) is 3. The lowest BCUT2D eigenvalue weighted by atomic mass is 10.2. The van der Waals surface area contributed by atoms with Gasteiger partial charge in [-0.1, -0.05) is 5.21 Å². The Bertz CT molecular complexity index is 276. The van der Waals surface area contributed by atoms with Crippen molar-refractivity contribution in [3.05, 3.63) is 10.3 Å². The fourth-order valence-corrected chi connectivity index (χ4v) is 2.20. The molecule has 1 saturated carbocycles. The zero-order valence-electron chi connectivity index (χ0n) is 6.87. The van der Waals surface area contributed by atoms with Gasteiger partial charge in [-0.25, -0.2) is 0 Å². The van der Waals surface area contributed by atoms with E-state index in [9.17, 15) is 0 Å². The first-order chi connectivity index (χ1) is 5.74. The fraction of sp³-hybridized carbons (Fsp3) is 0.714. The predicted molar refractivity (Wildman–Crippen MR) is 48.6 cm³/mol. The van der Waals surface area contributed by atoms with E-state index >= 15 is 0 Å². The van der Waals surface area contributed by atoms with Crippen LogP contribution in [0.1, 0.15) is 18.0 Å². The van der Waals surface area contributed by atoms with E-state index < -0.39 is 0 Å². The van der Waals surface area contributed by atoms with Gasteiger partial charge >= 0.3 is 0 Å². The molecule has 2 unspecified atom stereocenters. The number of aromatic nitrogens is 3. The van der Waals surface area contributed by atoms with Gasteiger partial charge < -0.3 is 5.73 Å². The highest BCUT2D eigenvalue weighted by molar-refractivity contribution is 9.10. The molecule has 1 aliphatic carbocycles. The van der Waals surface area contributed by atoms with Crippen LogP contribution in [-0.2, 0) is 7.05 Å². The minimum absolute atomic E-state index is 0.573. The molecule has 0 aromatic carbocycles. The first-order valence-electron chi connectivity index (χ1n) is 3.99. The van der Waals surface area contributed by atoms with Gasteiger partial charge in [-0.05, 0) is 34.8 Å². The SMILES string of the molecule is Cn1nnc(Br)c1C1CC1CN. The van der Waals surface area contributed by atoms with Crippen molar-refractivity contribution in [1.29, 1.82) is 0 Å². The molecular formula is C7H11BrN4. The molecule has 0 bridgehead atoms. The maximum Gasteiger partial charge on any atom is 0.151 e. The van der Waals surface area contributed by atoms with Gasteiger partial charge in [0, 0.05) is 13.0 Å². The molecule has 2 N–H and O–H groups in total. The Morgan fingerprint density at radius 1 is 1.75 bits per heavy atom. The third-order valence-electron chi connectivity index (χ3n) is 2.40. The van der Waals surface area contributed by atoms with E-state index in [4.69, 9.17) is 5.73 Å². The van der Waals surface area contributed by atoms with Crippen LogP contribution < -0.4 is 5.73 Å². The maximum absolute atomic E-state index is 5.57. The van der Waals surface area contributed by atoms with Crippen molar-refractivity contribution in [2.75, 3.05) is 6.54 Å². The first kappa shape index (κ1) is 8.19. The highest BCUT2D eigenvalue weighted by Gasteiger charge is 2.40. The largest absolute Gasteiger partial charge is 0.330 e.